The molecule has 1 atom stereocenters. The molecule has 0 bridgehead atoms. The zero-order chi connectivity index (χ0) is 27.7. The maximum Gasteiger partial charge on any atom is 0.243 e. The first-order valence-corrected chi connectivity index (χ1v) is 14.1. The Hall–Kier alpha value is -3.69. The van der Waals surface area contributed by atoms with Crippen molar-refractivity contribution in [3.05, 3.63) is 101 Å². The van der Waals surface area contributed by atoms with E-state index in [1.807, 2.05) is 73.7 Å². The van der Waals surface area contributed by atoms with E-state index in [-0.39, 0.29) is 25.4 Å². The average molecular weight is 538 g/mol. The Morgan fingerprint density at radius 1 is 0.895 bits per heavy atom. The van der Waals surface area contributed by atoms with Crippen LogP contribution in [0.1, 0.15) is 22.3 Å². The van der Waals surface area contributed by atoms with E-state index in [0.29, 0.717) is 12.3 Å². The second-order valence-electron chi connectivity index (χ2n) is 9.30. The Morgan fingerprint density at radius 2 is 1.50 bits per heavy atom. The molecule has 0 aliphatic rings. The summed E-state index contributed by atoms with van der Waals surface area (Å²) in [6, 6.07) is 23.6. The van der Waals surface area contributed by atoms with E-state index >= 15 is 0 Å². The summed E-state index contributed by atoms with van der Waals surface area (Å²) in [4.78, 5) is 28.7. The summed E-state index contributed by atoms with van der Waals surface area (Å²) in [7, 11) is -0.680. The van der Waals surface area contributed by atoms with Crippen LogP contribution in [0, 0.1) is 6.92 Å². The van der Waals surface area contributed by atoms with Crippen molar-refractivity contribution in [3.8, 4) is 5.75 Å². The van der Waals surface area contributed by atoms with Crippen LogP contribution in [0.25, 0.3) is 0 Å². The number of nitrogens with one attached hydrogen (secondary N) is 1. The molecule has 38 heavy (non-hydrogen) atoms. The van der Waals surface area contributed by atoms with Gasteiger partial charge in [-0.3, -0.25) is 9.59 Å². The van der Waals surface area contributed by atoms with Crippen molar-refractivity contribution in [2.75, 3.05) is 27.0 Å². The second kappa shape index (κ2) is 13.2. The smallest absolute Gasteiger partial charge is 0.243 e. The lowest BCUT2D eigenvalue weighted by Gasteiger charge is -2.32. The first kappa shape index (κ1) is 28.9. The van der Waals surface area contributed by atoms with Gasteiger partial charge in [-0.25, -0.2) is 8.42 Å². The summed E-state index contributed by atoms with van der Waals surface area (Å²) in [5.41, 5.74) is 3.72. The number of carbonyl (C=O) groups excluding carboxylic acids is 2. The van der Waals surface area contributed by atoms with Gasteiger partial charge in [0.05, 0.1) is 19.9 Å². The largest absolute Gasteiger partial charge is 0.497 e. The summed E-state index contributed by atoms with van der Waals surface area (Å²) in [6.07, 6.45) is 1.31. The van der Waals surface area contributed by atoms with Crippen LogP contribution in [0.15, 0.2) is 78.9 Å². The molecule has 0 saturated heterocycles. The van der Waals surface area contributed by atoms with E-state index in [4.69, 9.17) is 4.74 Å². The van der Waals surface area contributed by atoms with Gasteiger partial charge >= 0.3 is 0 Å². The predicted octanol–water partition coefficient (Wildman–Crippen LogP) is 3.15. The van der Waals surface area contributed by atoms with Crippen LogP contribution in [-0.4, -0.2) is 62.4 Å². The average Bonchev–Trinajstić information content (AvgIpc) is 2.90. The number of amides is 2. The minimum Gasteiger partial charge on any atom is -0.497 e. The van der Waals surface area contributed by atoms with Crippen LogP contribution < -0.4 is 10.1 Å². The Bertz CT molecular complexity index is 1310. The van der Waals surface area contributed by atoms with E-state index in [9.17, 15) is 18.0 Å². The fourth-order valence-electron chi connectivity index (χ4n) is 3.89. The molecule has 0 saturated carbocycles. The molecule has 0 unspecified atom stereocenters. The van der Waals surface area contributed by atoms with Gasteiger partial charge in [0, 0.05) is 26.6 Å². The van der Waals surface area contributed by atoms with Gasteiger partial charge in [-0.15, -0.1) is 0 Å². The van der Waals surface area contributed by atoms with Crippen molar-refractivity contribution in [2.24, 2.45) is 0 Å². The lowest BCUT2D eigenvalue weighted by atomic mass is 10.0. The molecule has 1 N–H and O–H groups in total. The number of ether oxygens (including phenoxy) is 1. The van der Waals surface area contributed by atoms with Crippen molar-refractivity contribution in [3.63, 3.8) is 0 Å². The molecule has 3 rings (SSSR count). The van der Waals surface area contributed by atoms with Crippen molar-refractivity contribution < 1.29 is 22.7 Å². The van der Waals surface area contributed by atoms with Gasteiger partial charge in [0.2, 0.25) is 21.8 Å². The fourth-order valence-corrected chi connectivity index (χ4v) is 4.24. The lowest BCUT2D eigenvalue weighted by molar-refractivity contribution is -0.141. The Morgan fingerprint density at radius 3 is 2.08 bits per heavy atom. The molecule has 0 radical (unpaired) electrons. The van der Waals surface area contributed by atoms with E-state index in [1.165, 1.54) is 11.9 Å². The molecule has 8 nitrogen and oxygen atoms in total. The SMILES string of the molecule is COc1ccc(CN(C(=O)CN(C)S(C)(=O)=O)[C@@H](Cc2ccccc2)C(=O)NCc2ccc(C)cc2)cc1. The topological polar surface area (TPSA) is 96.0 Å². The number of benzene rings is 3. The summed E-state index contributed by atoms with van der Waals surface area (Å²) in [6.45, 7) is 2.04. The van der Waals surface area contributed by atoms with Crippen molar-refractivity contribution >= 4 is 21.8 Å². The summed E-state index contributed by atoms with van der Waals surface area (Å²) in [5, 5.41) is 2.98. The molecule has 0 aliphatic carbocycles. The monoisotopic (exact) mass is 537 g/mol. The molecule has 3 aromatic carbocycles. The van der Waals surface area contributed by atoms with E-state index in [0.717, 1.165) is 32.8 Å². The molecular weight excluding hydrogens is 502 g/mol. The molecule has 0 aromatic heterocycles. The third-order valence-corrected chi connectivity index (χ3v) is 7.56. The molecule has 2 amide bonds. The maximum absolute atomic E-state index is 13.7. The summed E-state index contributed by atoms with van der Waals surface area (Å²) >= 11 is 0. The van der Waals surface area contributed by atoms with Crippen LogP contribution in [0.3, 0.4) is 0 Å². The van der Waals surface area contributed by atoms with Gasteiger partial charge in [0.25, 0.3) is 0 Å². The van der Waals surface area contributed by atoms with Crippen LogP contribution in [0.2, 0.25) is 0 Å². The fraction of sp³-hybridized carbons (Fsp3) is 0.310. The molecule has 0 spiro atoms. The Labute approximate surface area is 225 Å². The lowest BCUT2D eigenvalue weighted by Crippen LogP contribution is -2.52. The zero-order valence-electron chi connectivity index (χ0n) is 22.3. The molecule has 0 fully saturated rings. The number of hydrogen-bond donors (Lipinski definition) is 1. The van der Waals surface area contributed by atoms with Crippen LogP contribution in [0.4, 0.5) is 0 Å². The molecule has 0 aliphatic heterocycles. The minimum absolute atomic E-state index is 0.121. The number of methoxy groups -OCH3 is 1. The highest BCUT2D eigenvalue weighted by Gasteiger charge is 2.31. The van der Waals surface area contributed by atoms with Crippen molar-refractivity contribution in [1.29, 1.82) is 0 Å². The number of likely N-dealkylation sites (N-methyl/N-ethyl adjacent to an activating group) is 1. The van der Waals surface area contributed by atoms with Crippen LogP contribution in [-0.2, 0) is 39.1 Å². The normalized spacial score (nSPS) is 12.1. The van der Waals surface area contributed by atoms with E-state index in [2.05, 4.69) is 5.32 Å². The number of carbonyl (C=O) groups is 2. The van der Waals surface area contributed by atoms with Gasteiger partial charge < -0.3 is 15.0 Å². The molecular formula is C29H35N3O5S. The van der Waals surface area contributed by atoms with Gasteiger partial charge in [-0.05, 0) is 35.7 Å². The highest BCUT2D eigenvalue weighted by atomic mass is 32.2. The van der Waals surface area contributed by atoms with E-state index in [1.54, 1.807) is 19.2 Å². The second-order valence-corrected chi connectivity index (χ2v) is 11.4. The molecule has 9 heteroatoms. The summed E-state index contributed by atoms with van der Waals surface area (Å²) < 4.78 is 30.3. The Kier molecular flexibility index (Phi) is 10.0. The number of sulfonamides is 1. The first-order valence-electron chi connectivity index (χ1n) is 12.3. The highest BCUT2D eigenvalue weighted by Crippen LogP contribution is 2.18. The minimum atomic E-state index is -3.60. The quantitative estimate of drug-likeness (QED) is 0.383. The standard InChI is InChI=1S/C29H35N3O5S/c1-22-10-12-24(13-11-22)19-30-29(34)27(18-23-8-6-5-7-9-23)32(28(33)21-31(2)38(4,35)36)20-25-14-16-26(37-3)17-15-25/h5-17,27H,18-21H2,1-4H3,(H,30,34)/t27-/m0/s1. The van der Waals surface area contributed by atoms with Gasteiger partial charge in [0.1, 0.15) is 11.8 Å². The van der Waals surface area contributed by atoms with Gasteiger partial charge in [-0.1, -0.05) is 72.3 Å². The third kappa shape index (κ3) is 8.43. The number of rotatable bonds is 12. The van der Waals surface area contributed by atoms with Gasteiger partial charge in [-0.2, -0.15) is 4.31 Å². The van der Waals surface area contributed by atoms with Crippen molar-refractivity contribution in [2.45, 2.75) is 32.5 Å². The highest BCUT2D eigenvalue weighted by molar-refractivity contribution is 7.88. The number of hydrogen-bond acceptors (Lipinski definition) is 5. The first-order chi connectivity index (χ1) is 18.1. The van der Waals surface area contributed by atoms with Crippen molar-refractivity contribution in [1.82, 2.24) is 14.5 Å². The number of aryl methyl sites for hydroxylation is 1. The van der Waals surface area contributed by atoms with Crippen LogP contribution >= 0.6 is 0 Å². The number of nitrogens with zero attached hydrogens (tertiary/aromatic N) is 2. The molecule has 0 heterocycles. The molecule has 202 valence electrons. The van der Waals surface area contributed by atoms with Crippen LogP contribution in [0.5, 0.6) is 5.75 Å². The van der Waals surface area contributed by atoms with Gasteiger partial charge in [0.15, 0.2) is 0 Å². The van der Waals surface area contributed by atoms with E-state index < -0.39 is 22.0 Å². The maximum atomic E-state index is 13.7. The predicted molar refractivity (Wildman–Crippen MR) is 148 cm³/mol. The molecule has 3 aromatic rings. The third-order valence-electron chi connectivity index (χ3n) is 6.29. The Balaban J connectivity index is 1.94. The zero-order valence-corrected chi connectivity index (χ0v) is 23.1. The summed E-state index contributed by atoms with van der Waals surface area (Å²) in [5.74, 6) is -0.126.